The summed E-state index contributed by atoms with van der Waals surface area (Å²) in [6.45, 7) is 3.16. The summed E-state index contributed by atoms with van der Waals surface area (Å²) in [5, 5.41) is 2.78. The Labute approximate surface area is 71.3 Å². The van der Waals surface area contributed by atoms with Crippen molar-refractivity contribution in [1.82, 2.24) is 5.32 Å². The molecule has 0 spiro atoms. The minimum atomic E-state index is -2.62. The van der Waals surface area contributed by atoms with Gasteiger partial charge in [-0.25, -0.2) is 8.78 Å². The molecular formula is C8H15F2NO. The summed E-state index contributed by atoms with van der Waals surface area (Å²) in [5.74, 6) is -2.62. The number of hydrogen-bond donors (Lipinski definition) is 1. The van der Waals surface area contributed by atoms with Gasteiger partial charge in [-0.15, -0.1) is 0 Å². The Morgan fingerprint density at radius 2 is 2.25 bits per heavy atom. The van der Waals surface area contributed by atoms with Crippen LogP contribution < -0.4 is 5.32 Å². The van der Waals surface area contributed by atoms with Crippen LogP contribution in [0.3, 0.4) is 0 Å². The summed E-state index contributed by atoms with van der Waals surface area (Å²) in [6, 6.07) is 0.103. The number of alkyl halides is 2. The van der Waals surface area contributed by atoms with Crippen molar-refractivity contribution < 1.29 is 13.5 Å². The van der Waals surface area contributed by atoms with Crippen LogP contribution in [0.25, 0.3) is 0 Å². The molecule has 12 heavy (non-hydrogen) atoms. The van der Waals surface area contributed by atoms with Gasteiger partial charge in [0.2, 0.25) is 0 Å². The predicted molar refractivity (Wildman–Crippen MR) is 42.4 cm³/mol. The molecule has 0 radical (unpaired) electrons. The van der Waals surface area contributed by atoms with E-state index in [-0.39, 0.29) is 18.7 Å². The number of ether oxygens (including phenoxy) is 1. The van der Waals surface area contributed by atoms with Gasteiger partial charge in [-0.05, 0) is 13.3 Å². The minimum absolute atomic E-state index is 0.103. The summed E-state index contributed by atoms with van der Waals surface area (Å²) < 4.78 is 30.0. The molecule has 0 saturated carbocycles. The largest absolute Gasteiger partial charge is 0.377 e. The van der Waals surface area contributed by atoms with Crippen molar-refractivity contribution in [3.63, 3.8) is 0 Å². The number of halogens is 2. The Kier molecular flexibility index (Phi) is 3.01. The van der Waals surface area contributed by atoms with E-state index in [9.17, 15) is 8.78 Å². The van der Waals surface area contributed by atoms with E-state index in [0.29, 0.717) is 6.61 Å². The molecule has 1 fully saturated rings. The van der Waals surface area contributed by atoms with E-state index in [0.717, 1.165) is 13.3 Å². The maximum atomic E-state index is 12.4. The second-order valence-electron chi connectivity index (χ2n) is 3.53. The van der Waals surface area contributed by atoms with Gasteiger partial charge in [0.1, 0.15) is 0 Å². The molecule has 1 saturated heterocycles. The van der Waals surface area contributed by atoms with Crippen LogP contribution >= 0.6 is 0 Å². The first-order valence-corrected chi connectivity index (χ1v) is 4.20. The summed E-state index contributed by atoms with van der Waals surface area (Å²) in [5.41, 5.74) is 0. The highest BCUT2D eigenvalue weighted by Gasteiger charge is 2.26. The standard InChI is InChI=1S/C8H15F2NO/c1-6-3-7(4-12-6)11-5-8(2,9)10/h6-7,11H,3-5H2,1-2H3. The van der Waals surface area contributed by atoms with Crippen molar-refractivity contribution in [2.75, 3.05) is 13.2 Å². The SMILES string of the molecule is CC1CC(NCC(C)(F)F)CO1. The van der Waals surface area contributed by atoms with Gasteiger partial charge in [0.05, 0.1) is 19.3 Å². The monoisotopic (exact) mass is 179 g/mol. The zero-order chi connectivity index (χ0) is 9.19. The summed E-state index contributed by atoms with van der Waals surface area (Å²) >= 11 is 0. The molecular weight excluding hydrogens is 164 g/mol. The number of rotatable bonds is 3. The van der Waals surface area contributed by atoms with E-state index in [1.807, 2.05) is 6.92 Å². The Hall–Kier alpha value is -0.220. The van der Waals surface area contributed by atoms with Crippen LogP contribution in [-0.4, -0.2) is 31.2 Å². The lowest BCUT2D eigenvalue weighted by molar-refractivity contribution is 0.0194. The Bertz CT molecular complexity index is 146. The molecule has 1 aliphatic rings. The van der Waals surface area contributed by atoms with Crippen LogP contribution in [0.2, 0.25) is 0 Å². The second-order valence-corrected chi connectivity index (χ2v) is 3.53. The maximum absolute atomic E-state index is 12.4. The van der Waals surface area contributed by atoms with Gasteiger partial charge in [-0.2, -0.15) is 0 Å². The topological polar surface area (TPSA) is 21.3 Å². The van der Waals surface area contributed by atoms with Gasteiger partial charge < -0.3 is 10.1 Å². The fourth-order valence-corrected chi connectivity index (χ4v) is 1.28. The molecule has 1 heterocycles. The lowest BCUT2D eigenvalue weighted by Crippen LogP contribution is -2.38. The van der Waals surface area contributed by atoms with E-state index in [2.05, 4.69) is 5.32 Å². The lowest BCUT2D eigenvalue weighted by atomic mass is 10.2. The van der Waals surface area contributed by atoms with Crippen LogP contribution in [0.4, 0.5) is 8.78 Å². The highest BCUT2D eigenvalue weighted by atomic mass is 19.3. The molecule has 0 bridgehead atoms. The fraction of sp³-hybridized carbons (Fsp3) is 1.00. The van der Waals surface area contributed by atoms with E-state index in [4.69, 9.17) is 4.74 Å². The molecule has 2 atom stereocenters. The third-order valence-electron chi connectivity index (χ3n) is 1.90. The zero-order valence-electron chi connectivity index (χ0n) is 7.44. The normalized spacial score (nSPS) is 31.0. The molecule has 0 aromatic rings. The summed E-state index contributed by atoms with van der Waals surface area (Å²) in [7, 11) is 0. The first-order chi connectivity index (χ1) is 5.47. The molecule has 0 aromatic heterocycles. The van der Waals surface area contributed by atoms with Crippen molar-refractivity contribution in [2.24, 2.45) is 0 Å². The average molecular weight is 179 g/mol. The Morgan fingerprint density at radius 3 is 2.67 bits per heavy atom. The van der Waals surface area contributed by atoms with Crippen LogP contribution in [0.1, 0.15) is 20.3 Å². The van der Waals surface area contributed by atoms with E-state index in [1.54, 1.807) is 0 Å². The van der Waals surface area contributed by atoms with Crippen LogP contribution in [0.15, 0.2) is 0 Å². The zero-order valence-corrected chi connectivity index (χ0v) is 7.44. The van der Waals surface area contributed by atoms with E-state index >= 15 is 0 Å². The van der Waals surface area contributed by atoms with Crippen molar-refractivity contribution in [1.29, 1.82) is 0 Å². The van der Waals surface area contributed by atoms with Crippen molar-refractivity contribution in [3.05, 3.63) is 0 Å². The van der Waals surface area contributed by atoms with Gasteiger partial charge in [0, 0.05) is 13.0 Å². The van der Waals surface area contributed by atoms with E-state index in [1.165, 1.54) is 0 Å². The maximum Gasteiger partial charge on any atom is 0.257 e. The third-order valence-corrected chi connectivity index (χ3v) is 1.90. The molecule has 4 heteroatoms. The second kappa shape index (κ2) is 3.66. The number of nitrogens with one attached hydrogen (secondary N) is 1. The van der Waals surface area contributed by atoms with Crippen molar-refractivity contribution in [2.45, 2.75) is 38.3 Å². The first kappa shape index (κ1) is 9.86. The predicted octanol–water partition coefficient (Wildman–Crippen LogP) is 1.41. The van der Waals surface area contributed by atoms with Crippen LogP contribution in [-0.2, 0) is 4.74 Å². The van der Waals surface area contributed by atoms with Gasteiger partial charge in [-0.1, -0.05) is 0 Å². The first-order valence-electron chi connectivity index (χ1n) is 4.20. The van der Waals surface area contributed by atoms with Gasteiger partial charge in [0.15, 0.2) is 0 Å². The van der Waals surface area contributed by atoms with Gasteiger partial charge >= 0.3 is 0 Å². The third kappa shape index (κ3) is 3.45. The van der Waals surface area contributed by atoms with E-state index < -0.39 is 5.92 Å². The minimum Gasteiger partial charge on any atom is -0.377 e. The molecule has 1 N–H and O–H groups in total. The van der Waals surface area contributed by atoms with Crippen molar-refractivity contribution in [3.8, 4) is 0 Å². The smallest absolute Gasteiger partial charge is 0.257 e. The Balaban J connectivity index is 2.16. The highest BCUT2D eigenvalue weighted by molar-refractivity contribution is 4.78. The van der Waals surface area contributed by atoms with Crippen LogP contribution in [0, 0.1) is 0 Å². The quantitative estimate of drug-likeness (QED) is 0.707. The fourth-order valence-electron chi connectivity index (χ4n) is 1.28. The highest BCUT2D eigenvalue weighted by Crippen LogP contribution is 2.14. The average Bonchev–Trinajstić information content (AvgIpc) is 2.30. The summed E-state index contributed by atoms with van der Waals surface area (Å²) in [4.78, 5) is 0. The lowest BCUT2D eigenvalue weighted by Gasteiger charge is -2.14. The molecule has 0 aliphatic carbocycles. The van der Waals surface area contributed by atoms with Gasteiger partial charge in [-0.3, -0.25) is 0 Å². The molecule has 2 nitrogen and oxygen atoms in total. The molecule has 2 unspecified atom stereocenters. The molecule has 0 amide bonds. The van der Waals surface area contributed by atoms with Gasteiger partial charge in [0.25, 0.3) is 5.92 Å². The molecule has 1 rings (SSSR count). The number of hydrogen-bond acceptors (Lipinski definition) is 2. The Morgan fingerprint density at radius 1 is 1.58 bits per heavy atom. The molecule has 1 aliphatic heterocycles. The summed E-state index contributed by atoms with van der Waals surface area (Å²) in [6.07, 6.45) is 1.03. The van der Waals surface area contributed by atoms with Crippen molar-refractivity contribution >= 4 is 0 Å². The molecule has 0 aromatic carbocycles. The van der Waals surface area contributed by atoms with Crippen LogP contribution in [0.5, 0.6) is 0 Å². The molecule has 72 valence electrons.